The summed E-state index contributed by atoms with van der Waals surface area (Å²) in [6.07, 6.45) is 1.25. The topological polar surface area (TPSA) is 145 Å². The third-order valence-electron chi connectivity index (χ3n) is 9.53. The molecule has 6 rings (SSSR count). The maximum Gasteiger partial charge on any atom is 0.267 e. The standard InChI is InChI=1S/C38H44N4O9/c1-23(43)40-27-13-11-24-20-32(47-2)36(48-3)37(49-4)35(24)25-12-14-28(29(44)21-26(25)27)39-15-7-10-34(45)41-16-18-42(19-17-41)38(46)33-22-50-30-8-5-6-9-31(30)51-33/h5-6,8-9,12,14,20-21,27,33H,7,10-11,13,15-19,22H2,1-4H3,(H,39,44)(H,40,43)/t27-,33+/m1/s1. The van der Waals surface area contributed by atoms with Gasteiger partial charge in [-0.1, -0.05) is 18.2 Å². The van der Waals surface area contributed by atoms with Crippen LogP contribution in [0.15, 0.2) is 53.3 Å². The van der Waals surface area contributed by atoms with Gasteiger partial charge in [0.1, 0.15) is 6.61 Å². The van der Waals surface area contributed by atoms with Gasteiger partial charge in [0.25, 0.3) is 5.91 Å². The lowest BCUT2D eigenvalue weighted by Crippen LogP contribution is -2.55. The smallest absolute Gasteiger partial charge is 0.267 e. The number of amides is 3. The van der Waals surface area contributed by atoms with Crippen LogP contribution in [0.25, 0.3) is 11.1 Å². The van der Waals surface area contributed by atoms with Gasteiger partial charge in [0.15, 0.2) is 23.0 Å². The van der Waals surface area contributed by atoms with Crippen molar-refractivity contribution >= 4 is 23.4 Å². The number of carbonyl (C=O) groups excluding carboxylic acids is 3. The molecule has 0 radical (unpaired) electrons. The minimum Gasteiger partial charge on any atom is -0.493 e. The van der Waals surface area contributed by atoms with Gasteiger partial charge < -0.3 is 44.1 Å². The zero-order valence-corrected chi connectivity index (χ0v) is 29.4. The van der Waals surface area contributed by atoms with Crippen LogP contribution in [0.1, 0.15) is 43.4 Å². The summed E-state index contributed by atoms with van der Waals surface area (Å²) in [6.45, 7) is 3.71. The number of piperazine rings is 1. The first-order valence-electron chi connectivity index (χ1n) is 17.2. The Morgan fingerprint density at radius 2 is 1.63 bits per heavy atom. The van der Waals surface area contributed by atoms with E-state index in [2.05, 4.69) is 10.6 Å². The third-order valence-corrected chi connectivity index (χ3v) is 9.53. The fourth-order valence-corrected chi connectivity index (χ4v) is 7.00. The van der Waals surface area contributed by atoms with Gasteiger partial charge in [-0.3, -0.25) is 19.2 Å². The van der Waals surface area contributed by atoms with Gasteiger partial charge >= 0.3 is 0 Å². The summed E-state index contributed by atoms with van der Waals surface area (Å²) in [4.78, 5) is 55.5. The highest BCUT2D eigenvalue weighted by Crippen LogP contribution is 2.50. The summed E-state index contributed by atoms with van der Waals surface area (Å²) in [7, 11) is 4.67. The van der Waals surface area contributed by atoms with Crippen LogP contribution >= 0.6 is 0 Å². The summed E-state index contributed by atoms with van der Waals surface area (Å²) in [5.41, 5.74) is 3.27. The number of hydrogen-bond donors (Lipinski definition) is 2. The Morgan fingerprint density at radius 3 is 2.33 bits per heavy atom. The van der Waals surface area contributed by atoms with Crippen LogP contribution in [-0.2, 0) is 20.8 Å². The fraction of sp³-hybridized carbons (Fsp3) is 0.421. The molecular weight excluding hydrogens is 656 g/mol. The van der Waals surface area contributed by atoms with Gasteiger partial charge in [0, 0.05) is 51.6 Å². The molecule has 13 nitrogen and oxygen atoms in total. The number of methoxy groups -OCH3 is 3. The number of ether oxygens (including phenoxy) is 5. The zero-order chi connectivity index (χ0) is 36.1. The molecule has 270 valence electrons. The monoisotopic (exact) mass is 700 g/mol. The molecular formula is C38H44N4O9. The minimum absolute atomic E-state index is 0.00557. The van der Waals surface area contributed by atoms with Crippen molar-refractivity contribution in [2.75, 3.05) is 66.0 Å². The van der Waals surface area contributed by atoms with Crippen LogP contribution < -0.4 is 39.7 Å². The van der Waals surface area contributed by atoms with Crippen molar-refractivity contribution in [3.8, 4) is 39.9 Å². The zero-order valence-electron chi connectivity index (χ0n) is 29.4. The summed E-state index contributed by atoms with van der Waals surface area (Å²) in [6, 6.07) is 13.9. The number of aryl methyl sites for hydroxylation is 1. The van der Waals surface area contributed by atoms with E-state index in [1.54, 1.807) is 55.4 Å². The average molecular weight is 701 g/mol. The molecule has 3 aliphatic rings. The molecule has 0 unspecified atom stereocenters. The number of rotatable bonds is 10. The van der Waals surface area contributed by atoms with Crippen LogP contribution in [0.5, 0.6) is 28.7 Å². The predicted molar refractivity (Wildman–Crippen MR) is 190 cm³/mol. The lowest BCUT2D eigenvalue weighted by Gasteiger charge is -2.37. The quantitative estimate of drug-likeness (QED) is 0.301. The molecule has 13 heteroatoms. The Hall–Kier alpha value is -5.46. The lowest BCUT2D eigenvalue weighted by atomic mass is 9.95. The van der Waals surface area contributed by atoms with Crippen molar-refractivity contribution in [2.45, 2.75) is 44.8 Å². The molecule has 2 atom stereocenters. The van der Waals surface area contributed by atoms with Crippen molar-refractivity contribution in [2.24, 2.45) is 0 Å². The largest absolute Gasteiger partial charge is 0.493 e. The normalized spacial score (nSPS) is 17.6. The highest BCUT2D eigenvalue weighted by molar-refractivity contribution is 5.84. The molecule has 0 spiro atoms. The molecule has 0 aromatic heterocycles. The van der Waals surface area contributed by atoms with Gasteiger partial charge in [0.05, 0.1) is 33.1 Å². The first kappa shape index (κ1) is 35.4. The van der Waals surface area contributed by atoms with E-state index in [0.29, 0.717) is 92.0 Å². The molecule has 0 bridgehead atoms. The Morgan fingerprint density at radius 1 is 0.902 bits per heavy atom. The van der Waals surface area contributed by atoms with Crippen LogP contribution in [0.2, 0.25) is 0 Å². The predicted octanol–water partition coefficient (Wildman–Crippen LogP) is 3.57. The second kappa shape index (κ2) is 15.6. The lowest BCUT2D eigenvalue weighted by molar-refractivity contribution is -0.146. The highest BCUT2D eigenvalue weighted by atomic mass is 16.6. The molecule has 2 heterocycles. The van der Waals surface area contributed by atoms with Gasteiger partial charge in [-0.25, -0.2) is 0 Å². The molecule has 1 fully saturated rings. The van der Waals surface area contributed by atoms with E-state index in [-0.39, 0.29) is 36.2 Å². The maximum absolute atomic E-state index is 13.6. The minimum atomic E-state index is -0.715. The molecule has 51 heavy (non-hydrogen) atoms. The van der Waals surface area contributed by atoms with E-state index in [1.807, 2.05) is 24.3 Å². The summed E-state index contributed by atoms with van der Waals surface area (Å²) >= 11 is 0. The number of anilines is 1. The van der Waals surface area contributed by atoms with Crippen molar-refractivity contribution in [1.29, 1.82) is 0 Å². The van der Waals surface area contributed by atoms with Crippen LogP contribution in [0.3, 0.4) is 0 Å². The first-order valence-corrected chi connectivity index (χ1v) is 17.2. The van der Waals surface area contributed by atoms with Gasteiger partial charge in [-0.2, -0.15) is 0 Å². The molecule has 3 amide bonds. The number of benzene rings is 2. The van der Waals surface area contributed by atoms with E-state index in [0.717, 1.165) is 16.7 Å². The number of fused-ring (bicyclic) bond motifs is 4. The van der Waals surface area contributed by atoms with Crippen LogP contribution in [-0.4, -0.2) is 94.3 Å². The molecule has 3 aromatic rings. The van der Waals surface area contributed by atoms with Crippen molar-refractivity contribution in [3.63, 3.8) is 0 Å². The van der Waals surface area contributed by atoms with Gasteiger partial charge in [0.2, 0.25) is 29.1 Å². The maximum atomic E-state index is 13.6. The Balaban J connectivity index is 1.09. The first-order chi connectivity index (χ1) is 24.7. The van der Waals surface area contributed by atoms with E-state index in [9.17, 15) is 19.2 Å². The average Bonchev–Trinajstić information content (AvgIpc) is 3.39. The number of nitrogens with zero attached hydrogens (tertiary/aromatic N) is 2. The van der Waals surface area contributed by atoms with E-state index in [1.165, 1.54) is 6.92 Å². The van der Waals surface area contributed by atoms with E-state index in [4.69, 9.17) is 23.7 Å². The molecule has 1 saturated heterocycles. The Bertz CT molecular complexity index is 1860. The molecule has 1 aliphatic carbocycles. The Kier molecular flexibility index (Phi) is 10.8. The molecule has 3 aromatic carbocycles. The van der Waals surface area contributed by atoms with Crippen LogP contribution in [0, 0.1) is 0 Å². The number of nitrogens with one attached hydrogen (secondary N) is 2. The number of para-hydroxylation sites is 2. The van der Waals surface area contributed by atoms with E-state index >= 15 is 0 Å². The van der Waals surface area contributed by atoms with Crippen molar-refractivity contribution in [1.82, 2.24) is 15.1 Å². The van der Waals surface area contributed by atoms with E-state index < -0.39 is 12.1 Å². The molecule has 2 N–H and O–H groups in total. The summed E-state index contributed by atoms with van der Waals surface area (Å²) < 4.78 is 28.7. The summed E-state index contributed by atoms with van der Waals surface area (Å²) in [5, 5.41) is 6.24. The number of hydrogen-bond acceptors (Lipinski definition) is 10. The SMILES string of the molecule is COc1cc2c(c(OC)c1OC)-c1ccc(NCCCC(=O)N3CCN(C(=O)[C@@H]4COc5ccccc5O4)CC3)c(=O)cc1[C@H](NC(C)=O)CC2. The van der Waals surface area contributed by atoms with Crippen molar-refractivity contribution < 1.29 is 38.1 Å². The number of carbonyl (C=O) groups is 3. The van der Waals surface area contributed by atoms with Gasteiger partial charge in [-0.15, -0.1) is 0 Å². The second-order valence-electron chi connectivity index (χ2n) is 12.7. The van der Waals surface area contributed by atoms with Gasteiger partial charge in [-0.05, 0) is 66.3 Å². The second-order valence-corrected chi connectivity index (χ2v) is 12.7. The Labute approximate surface area is 296 Å². The van der Waals surface area contributed by atoms with Crippen LogP contribution in [0.4, 0.5) is 5.69 Å². The highest BCUT2D eigenvalue weighted by Gasteiger charge is 2.34. The molecule has 0 saturated carbocycles. The fourth-order valence-electron chi connectivity index (χ4n) is 7.00. The van der Waals surface area contributed by atoms with Crippen molar-refractivity contribution in [3.05, 3.63) is 69.9 Å². The molecule has 2 aliphatic heterocycles. The third kappa shape index (κ3) is 7.52. The summed E-state index contributed by atoms with van der Waals surface area (Å²) in [5.74, 6) is 2.27.